The van der Waals surface area contributed by atoms with Crippen LogP contribution in [0, 0.1) is 11.8 Å². The van der Waals surface area contributed by atoms with E-state index in [0.717, 1.165) is 30.0 Å². The van der Waals surface area contributed by atoms with Crippen molar-refractivity contribution in [3.8, 4) is 0 Å². The fraction of sp³-hybridized carbons (Fsp3) is 1.00. The van der Waals surface area contributed by atoms with E-state index in [0.29, 0.717) is 0 Å². The summed E-state index contributed by atoms with van der Waals surface area (Å²) in [5.41, 5.74) is 0. The zero-order valence-electron chi connectivity index (χ0n) is 17.9. The Morgan fingerprint density at radius 2 is 1.35 bits per heavy atom. The first kappa shape index (κ1) is 20.6. The summed E-state index contributed by atoms with van der Waals surface area (Å²) in [6.45, 7) is 19.8. The van der Waals surface area contributed by atoms with Gasteiger partial charge < -0.3 is 15.1 Å². The lowest BCUT2D eigenvalue weighted by molar-refractivity contribution is 0.0885. The Kier molecular flexibility index (Phi) is 7.80. The van der Waals surface area contributed by atoms with E-state index in [-0.39, 0.29) is 0 Å². The minimum absolute atomic E-state index is 0.723. The van der Waals surface area contributed by atoms with Crippen LogP contribution in [0.25, 0.3) is 0 Å². The van der Waals surface area contributed by atoms with Gasteiger partial charge in [-0.15, -0.1) is 0 Å². The van der Waals surface area contributed by atoms with Gasteiger partial charge in [0.2, 0.25) is 0 Å². The molecule has 0 aromatic carbocycles. The number of piperazine rings is 1. The Morgan fingerprint density at radius 3 is 2.00 bits per heavy atom. The highest BCUT2D eigenvalue weighted by Gasteiger charge is 2.30. The van der Waals surface area contributed by atoms with Crippen LogP contribution in [0.3, 0.4) is 0 Å². The molecule has 0 aliphatic carbocycles. The molecule has 4 atom stereocenters. The Labute approximate surface area is 162 Å². The first-order valence-electron chi connectivity index (χ1n) is 11.5. The SMILES string of the molecule is CC(C)N1CCC(CC(C)N2CCCC(CC(C)N3CCNCC3)C2)C1. The van der Waals surface area contributed by atoms with Gasteiger partial charge in [0.1, 0.15) is 0 Å². The largest absolute Gasteiger partial charge is 0.314 e. The van der Waals surface area contributed by atoms with E-state index in [2.05, 4.69) is 47.7 Å². The molecule has 0 amide bonds. The highest BCUT2D eigenvalue weighted by atomic mass is 15.2. The lowest BCUT2D eigenvalue weighted by Crippen LogP contribution is -2.49. The number of hydrogen-bond acceptors (Lipinski definition) is 4. The van der Waals surface area contributed by atoms with Crippen LogP contribution in [0.5, 0.6) is 0 Å². The highest BCUT2D eigenvalue weighted by Crippen LogP contribution is 2.28. The van der Waals surface area contributed by atoms with Crippen LogP contribution in [0.1, 0.15) is 59.8 Å². The molecule has 3 saturated heterocycles. The summed E-state index contributed by atoms with van der Waals surface area (Å²) < 4.78 is 0. The number of rotatable bonds is 7. The van der Waals surface area contributed by atoms with Gasteiger partial charge in [-0.1, -0.05) is 0 Å². The van der Waals surface area contributed by atoms with Crippen molar-refractivity contribution in [2.24, 2.45) is 11.8 Å². The molecular formula is C22H44N4. The van der Waals surface area contributed by atoms with Gasteiger partial charge in [0.05, 0.1) is 0 Å². The molecule has 0 spiro atoms. The molecule has 0 saturated carbocycles. The molecule has 0 aromatic rings. The number of hydrogen-bond donors (Lipinski definition) is 1. The van der Waals surface area contributed by atoms with E-state index in [1.165, 1.54) is 84.5 Å². The summed E-state index contributed by atoms with van der Waals surface area (Å²) in [7, 11) is 0. The maximum atomic E-state index is 3.49. The lowest BCUT2D eigenvalue weighted by Gasteiger charge is -2.40. The minimum Gasteiger partial charge on any atom is -0.314 e. The van der Waals surface area contributed by atoms with Gasteiger partial charge in [-0.3, -0.25) is 4.90 Å². The van der Waals surface area contributed by atoms with Crippen LogP contribution in [-0.4, -0.2) is 85.2 Å². The van der Waals surface area contributed by atoms with Crippen molar-refractivity contribution in [2.45, 2.75) is 77.9 Å². The van der Waals surface area contributed by atoms with Crippen LogP contribution in [0.15, 0.2) is 0 Å². The molecule has 3 aliphatic rings. The van der Waals surface area contributed by atoms with Gasteiger partial charge in [-0.25, -0.2) is 0 Å². The lowest BCUT2D eigenvalue weighted by atomic mass is 9.89. The fourth-order valence-corrected chi connectivity index (χ4v) is 5.60. The predicted octanol–water partition coefficient (Wildman–Crippen LogP) is 2.89. The molecule has 1 N–H and O–H groups in total. The molecule has 3 heterocycles. The van der Waals surface area contributed by atoms with E-state index in [1.807, 2.05) is 0 Å². The van der Waals surface area contributed by atoms with Crippen molar-refractivity contribution >= 4 is 0 Å². The second kappa shape index (κ2) is 9.86. The van der Waals surface area contributed by atoms with E-state index >= 15 is 0 Å². The van der Waals surface area contributed by atoms with Gasteiger partial charge in [-0.05, 0) is 84.7 Å². The fourth-order valence-electron chi connectivity index (χ4n) is 5.60. The summed E-state index contributed by atoms with van der Waals surface area (Å²) in [6.07, 6.45) is 7.08. The zero-order chi connectivity index (χ0) is 18.5. The predicted molar refractivity (Wildman–Crippen MR) is 112 cm³/mol. The van der Waals surface area contributed by atoms with Crippen LogP contribution >= 0.6 is 0 Å². The summed E-state index contributed by atoms with van der Waals surface area (Å²) in [6, 6.07) is 2.25. The molecule has 0 bridgehead atoms. The average Bonchev–Trinajstić information content (AvgIpc) is 3.11. The number of nitrogens with zero attached hydrogens (tertiary/aromatic N) is 3. The smallest absolute Gasteiger partial charge is 0.0110 e. The molecule has 26 heavy (non-hydrogen) atoms. The topological polar surface area (TPSA) is 21.8 Å². The van der Waals surface area contributed by atoms with Crippen molar-refractivity contribution in [3.63, 3.8) is 0 Å². The summed E-state index contributed by atoms with van der Waals surface area (Å²) >= 11 is 0. The standard InChI is InChI=1S/C22H44N4/c1-18(2)25-11-7-22(16-25)15-20(4)26-10-5-6-21(17-26)14-19(3)24-12-8-23-9-13-24/h18-23H,5-17H2,1-4H3. The molecule has 3 rings (SSSR count). The van der Waals surface area contributed by atoms with Gasteiger partial charge in [0, 0.05) is 57.4 Å². The first-order valence-corrected chi connectivity index (χ1v) is 11.5. The number of likely N-dealkylation sites (tertiary alicyclic amines) is 2. The van der Waals surface area contributed by atoms with Crippen LogP contribution in [0.2, 0.25) is 0 Å². The molecule has 4 heteroatoms. The van der Waals surface area contributed by atoms with E-state index < -0.39 is 0 Å². The van der Waals surface area contributed by atoms with Gasteiger partial charge in [-0.2, -0.15) is 0 Å². The van der Waals surface area contributed by atoms with Crippen molar-refractivity contribution in [3.05, 3.63) is 0 Å². The van der Waals surface area contributed by atoms with E-state index in [1.54, 1.807) is 0 Å². The highest BCUT2D eigenvalue weighted by molar-refractivity contribution is 4.85. The third-order valence-corrected chi connectivity index (χ3v) is 7.35. The molecule has 4 unspecified atom stereocenters. The monoisotopic (exact) mass is 364 g/mol. The minimum atomic E-state index is 0.723. The third-order valence-electron chi connectivity index (χ3n) is 7.35. The van der Waals surface area contributed by atoms with Crippen LogP contribution in [0.4, 0.5) is 0 Å². The summed E-state index contributed by atoms with van der Waals surface area (Å²) in [4.78, 5) is 8.21. The molecule has 3 fully saturated rings. The Balaban J connectivity index is 1.42. The van der Waals surface area contributed by atoms with Crippen molar-refractivity contribution < 1.29 is 0 Å². The van der Waals surface area contributed by atoms with Crippen molar-refractivity contribution in [1.82, 2.24) is 20.0 Å². The summed E-state index contributed by atoms with van der Waals surface area (Å²) in [5.74, 6) is 1.83. The van der Waals surface area contributed by atoms with Gasteiger partial charge in [0.25, 0.3) is 0 Å². The van der Waals surface area contributed by atoms with Gasteiger partial charge in [0.15, 0.2) is 0 Å². The second-order valence-electron chi connectivity index (χ2n) is 9.70. The molecule has 0 aromatic heterocycles. The third kappa shape index (κ3) is 5.67. The Morgan fingerprint density at radius 1 is 0.731 bits per heavy atom. The van der Waals surface area contributed by atoms with Crippen molar-refractivity contribution in [1.29, 1.82) is 0 Å². The molecule has 152 valence electrons. The normalized spacial score (nSPS) is 32.2. The molecule has 0 radical (unpaired) electrons. The number of piperidine rings is 1. The zero-order valence-corrected chi connectivity index (χ0v) is 17.9. The summed E-state index contributed by atoms with van der Waals surface area (Å²) in [5, 5.41) is 3.49. The maximum absolute atomic E-state index is 3.49. The Bertz CT molecular complexity index is 407. The maximum Gasteiger partial charge on any atom is 0.0110 e. The quantitative estimate of drug-likeness (QED) is 0.750. The van der Waals surface area contributed by atoms with Crippen molar-refractivity contribution in [2.75, 3.05) is 52.4 Å². The van der Waals surface area contributed by atoms with E-state index in [4.69, 9.17) is 0 Å². The number of nitrogens with one attached hydrogen (secondary N) is 1. The van der Waals surface area contributed by atoms with Crippen LogP contribution < -0.4 is 5.32 Å². The average molecular weight is 365 g/mol. The molecular weight excluding hydrogens is 320 g/mol. The Hall–Kier alpha value is -0.160. The second-order valence-corrected chi connectivity index (χ2v) is 9.70. The van der Waals surface area contributed by atoms with Crippen LogP contribution in [-0.2, 0) is 0 Å². The first-order chi connectivity index (χ1) is 12.5. The molecule has 4 nitrogen and oxygen atoms in total. The molecule has 3 aliphatic heterocycles. The van der Waals surface area contributed by atoms with Gasteiger partial charge >= 0.3 is 0 Å². The van der Waals surface area contributed by atoms with E-state index in [9.17, 15) is 0 Å².